The summed E-state index contributed by atoms with van der Waals surface area (Å²) in [6.07, 6.45) is -3.04. The van der Waals surface area contributed by atoms with Crippen LogP contribution in [-0.4, -0.2) is 23.7 Å². The third kappa shape index (κ3) is 8.05. The van der Waals surface area contributed by atoms with Gasteiger partial charge in [0, 0.05) is 18.0 Å². The first-order chi connectivity index (χ1) is 11.3. The van der Waals surface area contributed by atoms with Crippen LogP contribution >= 0.6 is 24.0 Å². The second-order valence-electron chi connectivity index (χ2n) is 5.10. The van der Waals surface area contributed by atoms with E-state index in [1.807, 2.05) is 31.2 Å². The average molecular weight is 466 g/mol. The van der Waals surface area contributed by atoms with Gasteiger partial charge in [-0.3, -0.25) is 0 Å². The van der Waals surface area contributed by atoms with Gasteiger partial charge in [0.15, 0.2) is 12.6 Å². The zero-order valence-corrected chi connectivity index (χ0v) is 15.7. The average Bonchev–Trinajstić information content (AvgIpc) is 2.51. The van der Waals surface area contributed by atoms with E-state index in [1.165, 1.54) is 12.3 Å². The molecule has 136 valence electrons. The predicted molar refractivity (Wildman–Crippen MR) is 101 cm³/mol. The van der Waals surface area contributed by atoms with Crippen molar-refractivity contribution in [1.29, 1.82) is 0 Å². The minimum absolute atomic E-state index is 0. The van der Waals surface area contributed by atoms with Gasteiger partial charge in [-0.15, -0.1) is 24.0 Å². The number of aliphatic imine (C=N–C) groups is 1. The Balaban J connectivity index is 0.00000312. The molecular formula is C16H18F3IN4O. The molecule has 0 bridgehead atoms. The lowest BCUT2D eigenvalue weighted by molar-refractivity contribution is -0.154. The summed E-state index contributed by atoms with van der Waals surface area (Å²) in [5, 5.41) is 2.94. The number of hydrogen-bond donors (Lipinski definition) is 2. The molecule has 0 spiro atoms. The van der Waals surface area contributed by atoms with Crippen LogP contribution in [0.1, 0.15) is 11.1 Å². The highest BCUT2D eigenvalue weighted by Gasteiger charge is 2.28. The van der Waals surface area contributed by atoms with Gasteiger partial charge in [-0.05, 0) is 36.2 Å². The summed E-state index contributed by atoms with van der Waals surface area (Å²) in [6, 6.07) is 10.6. The van der Waals surface area contributed by atoms with E-state index in [9.17, 15) is 13.2 Å². The number of nitrogens with two attached hydrogens (primary N) is 1. The molecule has 25 heavy (non-hydrogen) atoms. The van der Waals surface area contributed by atoms with Gasteiger partial charge in [0.1, 0.15) is 0 Å². The van der Waals surface area contributed by atoms with E-state index in [2.05, 4.69) is 20.0 Å². The maximum Gasteiger partial charge on any atom is 0.422 e. The number of rotatable bonds is 5. The number of aromatic nitrogens is 1. The van der Waals surface area contributed by atoms with Crippen LogP contribution in [0, 0.1) is 6.92 Å². The van der Waals surface area contributed by atoms with Crippen LogP contribution in [0.3, 0.4) is 0 Å². The molecule has 2 aromatic rings. The first kappa shape index (κ1) is 21.0. The summed E-state index contributed by atoms with van der Waals surface area (Å²) in [5.74, 6) is 0.0976. The smallest absolute Gasteiger partial charge is 0.422 e. The van der Waals surface area contributed by atoms with E-state index >= 15 is 0 Å². The third-order valence-corrected chi connectivity index (χ3v) is 2.91. The number of alkyl halides is 3. The second-order valence-corrected chi connectivity index (χ2v) is 5.10. The van der Waals surface area contributed by atoms with Crippen LogP contribution < -0.4 is 15.8 Å². The minimum atomic E-state index is -4.40. The summed E-state index contributed by atoms with van der Waals surface area (Å²) in [4.78, 5) is 7.88. The number of nitrogens with zero attached hydrogens (tertiary/aromatic N) is 2. The van der Waals surface area contributed by atoms with Crippen LogP contribution in [0.4, 0.5) is 18.9 Å². The van der Waals surface area contributed by atoms with Crippen LogP contribution in [0.15, 0.2) is 47.6 Å². The van der Waals surface area contributed by atoms with Gasteiger partial charge in [-0.1, -0.05) is 12.1 Å². The summed E-state index contributed by atoms with van der Waals surface area (Å²) in [7, 11) is 0. The molecule has 0 fully saturated rings. The Bertz CT molecular complexity index is 723. The monoisotopic (exact) mass is 466 g/mol. The molecule has 0 aliphatic heterocycles. The molecule has 0 atom stereocenters. The van der Waals surface area contributed by atoms with Gasteiger partial charge in [0.25, 0.3) is 0 Å². The van der Waals surface area contributed by atoms with Gasteiger partial charge in [-0.2, -0.15) is 13.2 Å². The number of anilines is 1. The molecule has 3 N–H and O–H groups in total. The fourth-order valence-electron chi connectivity index (χ4n) is 1.87. The molecule has 0 aliphatic carbocycles. The Hall–Kier alpha value is -2.04. The zero-order valence-electron chi connectivity index (χ0n) is 13.4. The number of pyridine rings is 1. The van der Waals surface area contributed by atoms with E-state index in [0.29, 0.717) is 5.56 Å². The minimum Gasteiger partial charge on any atom is -0.468 e. The van der Waals surface area contributed by atoms with E-state index in [-0.39, 0.29) is 42.4 Å². The topological polar surface area (TPSA) is 72.5 Å². The first-order valence-electron chi connectivity index (χ1n) is 7.10. The van der Waals surface area contributed by atoms with Crippen LogP contribution in [0.25, 0.3) is 0 Å². The highest BCUT2D eigenvalue weighted by atomic mass is 127. The molecular weight excluding hydrogens is 448 g/mol. The number of hydrogen-bond acceptors (Lipinski definition) is 3. The van der Waals surface area contributed by atoms with Crippen molar-refractivity contribution in [1.82, 2.24) is 4.98 Å². The lowest BCUT2D eigenvalue weighted by Gasteiger charge is -2.09. The van der Waals surface area contributed by atoms with E-state index in [4.69, 9.17) is 5.73 Å². The van der Waals surface area contributed by atoms with E-state index in [1.54, 1.807) is 6.07 Å². The second kappa shape index (κ2) is 9.44. The molecule has 0 aliphatic rings. The Kier molecular flexibility index (Phi) is 7.94. The van der Waals surface area contributed by atoms with Crippen molar-refractivity contribution in [2.24, 2.45) is 10.7 Å². The Morgan fingerprint density at radius 3 is 2.72 bits per heavy atom. The summed E-state index contributed by atoms with van der Waals surface area (Å²) in [6.45, 7) is 0.761. The quantitative estimate of drug-likeness (QED) is 0.399. The molecule has 1 aromatic carbocycles. The van der Waals surface area contributed by atoms with Crippen molar-refractivity contribution in [3.8, 4) is 5.88 Å². The van der Waals surface area contributed by atoms with Crippen molar-refractivity contribution in [3.05, 3.63) is 53.7 Å². The van der Waals surface area contributed by atoms with Crippen molar-refractivity contribution in [2.75, 3.05) is 11.9 Å². The standard InChI is InChI=1S/C16H17F3N4O.HI/c1-11-3-2-4-13(7-11)23-15(20)22-9-12-5-6-21-14(8-12)24-10-16(17,18)19;/h2-8H,9-10H2,1H3,(H3,20,22,23);1H. The zero-order chi connectivity index (χ0) is 17.6. The summed E-state index contributed by atoms with van der Waals surface area (Å²) >= 11 is 0. The normalized spacial score (nSPS) is 11.6. The summed E-state index contributed by atoms with van der Waals surface area (Å²) in [5.41, 5.74) is 8.32. The highest BCUT2D eigenvalue weighted by molar-refractivity contribution is 14.0. The lowest BCUT2D eigenvalue weighted by atomic mass is 10.2. The number of guanidine groups is 1. The van der Waals surface area contributed by atoms with Gasteiger partial charge < -0.3 is 15.8 Å². The first-order valence-corrected chi connectivity index (χ1v) is 7.10. The fourth-order valence-corrected chi connectivity index (χ4v) is 1.87. The van der Waals surface area contributed by atoms with Crippen molar-refractivity contribution < 1.29 is 17.9 Å². The molecule has 2 rings (SSSR count). The van der Waals surface area contributed by atoms with Crippen molar-refractivity contribution >= 4 is 35.6 Å². The van der Waals surface area contributed by atoms with Crippen LogP contribution in [0.5, 0.6) is 5.88 Å². The Labute approximate surface area is 160 Å². The number of halogens is 4. The van der Waals surface area contributed by atoms with Gasteiger partial charge >= 0.3 is 6.18 Å². The largest absolute Gasteiger partial charge is 0.468 e. The van der Waals surface area contributed by atoms with Crippen LogP contribution in [-0.2, 0) is 6.54 Å². The maximum atomic E-state index is 12.1. The Morgan fingerprint density at radius 1 is 1.28 bits per heavy atom. The molecule has 0 saturated carbocycles. The van der Waals surface area contributed by atoms with E-state index < -0.39 is 12.8 Å². The molecule has 9 heteroatoms. The van der Waals surface area contributed by atoms with E-state index in [0.717, 1.165) is 11.3 Å². The molecule has 1 aromatic heterocycles. The molecule has 5 nitrogen and oxygen atoms in total. The molecule has 0 amide bonds. The fraction of sp³-hybridized carbons (Fsp3) is 0.250. The maximum absolute atomic E-state index is 12.1. The van der Waals surface area contributed by atoms with Gasteiger partial charge in [-0.25, -0.2) is 9.98 Å². The number of benzene rings is 1. The van der Waals surface area contributed by atoms with Gasteiger partial charge in [0.05, 0.1) is 6.54 Å². The summed E-state index contributed by atoms with van der Waals surface area (Å²) < 4.78 is 41.0. The highest BCUT2D eigenvalue weighted by Crippen LogP contribution is 2.18. The van der Waals surface area contributed by atoms with Crippen LogP contribution in [0.2, 0.25) is 0 Å². The van der Waals surface area contributed by atoms with Crippen molar-refractivity contribution in [2.45, 2.75) is 19.6 Å². The molecule has 0 unspecified atom stereocenters. The number of ether oxygens (including phenoxy) is 1. The Morgan fingerprint density at radius 2 is 2.04 bits per heavy atom. The molecule has 1 heterocycles. The molecule has 0 radical (unpaired) electrons. The number of nitrogens with one attached hydrogen (secondary N) is 1. The van der Waals surface area contributed by atoms with Gasteiger partial charge in [0.2, 0.25) is 5.88 Å². The SMILES string of the molecule is Cc1cccc(NC(N)=NCc2ccnc(OCC(F)(F)F)c2)c1.I. The predicted octanol–water partition coefficient (Wildman–Crippen LogP) is 3.88. The third-order valence-electron chi connectivity index (χ3n) is 2.91. The lowest BCUT2D eigenvalue weighted by Crippen LogP contribution is -2.22. The molecule has 0 saturated heterocycles. The number of aryl methyl sites for hydroxylation is 1. The van der Waals surface area contributed by atoms with Crippen molar-refractivity contribution in [3.63, 3.8) is 0 Å².